The minimum Gasteiger partial charge on any atom is -0.393 e. The summed E-state index contributed by atoms with van der Waals surface area (Å²) in [7, 11) is 0.500. The first-order valence-electron chi connectivity index (χ1n) is 9.55. The highest BCUT2D eigenvalue weighted by Crippen LogP contribution is 2.65. The number of halogens is 1. The first-order chi connectivity index (χ1) is 11.0. The lowest BCUT2D eigenvalue weighted by Gasteiger charge is -2.59. The summed E-state index contributed by atoms with van der Waals surface area (Å²) in [6, 6.07) is 0. The summed E-state index contributed by atoms with van der Waals surface area (Å²) in [6.07, 6.45) is 10.2. The van der Waals surface area contributed by atoms with Gasteiger partial charge in [-0.1, -0.05) is 26.7 Å². The van der Waals surface area contributed by atoms with Crippen molar-refractivity contribution in [2.75, 3.05) is 7.18 Å². The Hall–Kier alpha value is -0.440. The predicted octanol–water partition coefficient (Wildman–Crippen LogP) is 4.54. The van der Waals surface area contributed by atoms with Gasteiger partial charge in [0.05, 0.1) is 13.3 Å². The second-order valence-corrected chi connectivity index (χ2v) is 8.99. The van der Waals surface area contributed by atoms with E-state index in [1.54, 1.807) is 0 Å². The molecule has 4 rings (SSSR count). The molecule has 0 heterocycles. The number of Topliss-reactive ketones (excluding diaryl/α,β-unsaturated/α-hetero) is 1. The van der Waals surface area contributed by atoms with Crippen molar-refractivity contribution in [2.24, 2.45) is 34.5 Å². The van der Waals surface area contributed by atoms with Gasteiger partial charge in [-0.15, -0.1) is 0 Å². The molecule has 1 N–H and O–H groups in total. The Balaban J connectivity index is 0.000000753. The van der Waals surface area contributed by atoms with Gasteiger partial charge in [0.15, 0.2) is 0 Å². The molecule has 0 bridgehead atoms. The zero-order valence-electron chi connectivity index (χ0n) is 15.0. The molecule has 3 heteroatoms. The number of carbonyl (C=O) groups excluding carboxylic acids is 1. The number of aliphatic hydroxyl groups is 1. The Kier molecular flexibility index (Phi) is 4.63. The maximum absolute atomic E-state index is 12.8. The van der Waals surface area contributed by atoms with Crippen LogP contribution in [0.25, 0.3) is 0 Å². The van der Waals surface area contributed by atoms with Gasteiger partial charge in [-0.05, 0) is 67.1 Å². The number of hydrogen-bond acceptors (Lipinski definition) is 2. The highest BCUT2D eigenvalue weighted by Gasteiger charge is 2.61. The predicted molar refractivity (Wildman–Crippen MR) is 89.8 cm³/mol. The molecule has 0 aliphatic heterocycles. The lowest BCUT2D eigenvalue weighted by Crippen LogP contribution is -2.56. The van der Waals surface area contributed by atoms with Gasteiger partial charge >= 0.3 is 0 Å². The monoisotopic (exact) mass is 324 g/mol. The largest absolute Gasteiger partial charge is 0.393 e. The molecular formula is C20H33FO2. The number of carbonyl (C=O) groups is 1. The highest BCUT2D eigenvalue weighted by molar-refractivity contribution is 5.83. The molecule has 132 valence electrons. The Morgan fingerprint density at radius 1 is 0.957 bits per heavy atom. The van der Waals surface area contributed by atoms with E-state index in [4.69, 9.17) is 0 Å². The highest BCUT2D eigenvalue weighted by atomic mass is 19.1. The maximum Gasteiger partial charge on any atom is 0.136 e. The van der Waals surface area contributed by atoms with Crippen molar-refractivity contribution in [1.29, 1.82) is 0 Å². The van der Waals surface area contributed by atoms with E-state index in [9.17, 15) is 14.3 Å². The van der Waals surface area contributed by atoms with Gasteiger partial charge in [-0.3, -0.25) is 9.18 Å². The topological polar surface area (TPSA) is 37.3 Å². The summed E-state index contributed by atoms with van der Waals surface area (Å²) in [4.78, 5) is 12.8. The summed E-state index contributed by atoms with van der Waals surface area (Å²) in [6.45, 7) is 4.73. The molecule has 4 aliphatic rings. The number of rotatable bonds is 0. The van der Waals surface area contributed by atoms with Crippen LogP contribution in [-0.4, -0.2) is 24.2 Å². The molecule has 0 saturated heterocycles. The summed E-state index contributed by atoms with van der Waals surface area (Å²) in [5.74, 6) is 2.80. The van der Waals surface area contributed by atoms with Crippen molar-refractivity contribution in [2.45, 2.75) is 77.7 Å². The average molecular weight is 324 g/mol. The Morgan fingerprint density at radius 3 is 2.39 bits per heavy atom. The van der Waals surface area contributed by atoms with Crippen molar-refractivity contribution in [3.8, 4) is 0 Å². The summed E-state index contributed by atoms with van der Waals surface area (Å²) < 4.78 is 9.50. The molecule has 0 aromatic rings. The molecule has 0 spiro atoms. The van der Waals surface area contributed by atoms with E-state index in [2.05, 4.69) is 13.8 Å². The van der Waals surface area contributed by atoms with E-state index in [0.717, 1.165) is 31.6 Å². The number of aliphatic hydroxyl groups excluding tert-OH is 1. The fraction of sp³-hybridized carbons (Fsp3) is 0.950. The van der Waals surface area contributed by atoms with Crippen LogP contribution in [0.5, 0.6) is 0 Å². The van der Waals surface area contributed by atoms with Crippen molar-refractivity contribution in [3.05, 3.63) is 0 Å². The molecule has 4 aliphatic carbocycles. The number of fused-ring (bicyclic) bond motifs is 5. The van der Waals surface area contributed by atoms with E-state index < -0.39 is 0 Å². The van der Waals surface area contributed by atoms with Gasteiger partial charge in [0, 0.05) is 12.3 Å². The fourth-order valence-corrected chi connectivity index (χ4v) is 7.07. The second kappa shape index (κ2) is 6.13. The van der Waals surface area contributed by atoms with E-state index in [0.29, 0.717) is 30.7 Å². The van der Waals surface area contributed by atoms with Gasteiger partial charge in [0.25, 0.3) is 0 Å². The first kappa shape index (κ1) is 17.4. The molecule has 7 atom stereocenters. The van der Waals surface area contributed by atoms with Crippen LogP contribution < -0.4 is 0 Å². The molecule has 0 amide bonds. The van der Waals surface area contributed by atoms with Crippen LogP contribution >= 0.6 is 0 Å². The van der Waals surface area contributed by atoms with Crippen LogP contribution in [0, 0.1) is 34.5 Å². The zero-order valence-corrected chi connectivity index (χ0v) is 15.0. The zero-order chi connectivity index (χ0) is 16.8. The number of alkyl halides is 1. The van der Waals surface area contributed by atoms with Crippen LogP contribution in [0.1, 0.15) is 71.6 Å². The van der Waals surface area contributed by atoms with Crippen molar-refractivity contribution in [1.82, 2.24) is 0 Å². The fourth-order valence-electron chi connectivity index (χ4n) is 7.07. The van der Waals surface area contributed by atoms with Crippen LogP contribution in [-0.2, 0) is 4.79 Å². The molecule has 7 unspecified atom stereocenters. The second-order valence-electron chi connectivity index (χ2n) is 8.99. The molecule has 0 radical (unpaired) electrons. The minimum atomic E-state index is -0.129. The number of ketones is 1. The Bertz CT molecular complexity index is 465. The van der Waals surface area contributed by atoms with E-state index in [1.807, 2.05) is 0 Å². The number of hydrogen-bond donors (Lipinski definition) is 1. The van der Waals surface area contributed by atoms with Crippen molar-refractivity contribution in [3.63, 3.8) is 0 Å². The summed E-state index contributed by atoms with van der Waals surface area (Å²) in [5.41, 5.74) is 0.367. The molecule has 23 heavy (non-hydrogen) atoms. The summed E-state index contributed by atoms with van der Waals surface area (Å²) >= 11 is 0. The minimum absolute atomic E-state index is 0.0965. The third kappa shape index (κ3) is 2.41. The molecule has 4 saturated carbocycles. The van der Waals surface area contributed by atoms with Gasteiger partial charge in [-0.25, -0.2) is 0 Å². The molecule has 0 aromatic carbocycles. The molecule has 2 nitrogen and oxygen atoms in total. The Labute approximate surface area is 140 Å². The maximum atomic E-state index is 12.8. The quantitative estimate of drug-likeness (QED) is 0.710. The molecule has 4 fully saturated rings. The SMILES string of the molecule is CC12CCC3C(CC(=O)C4CCCCC43C)C1CCC2O.CF. The van der Waals surface area contributed by atoms with Crippen molar-refractivity contribution >= 4 is 5.78 Å². The summed E-state index contributed by atoms with van der Waals surface area (Å²) in [5, 5.41) is 10.5. The third-order valence-electron chi connectivity index (χ3n) is 8.31. The molecular weight excluding hydrogens is 291 g/mol. The lowest BCUT2D eigenvalue weighted by atomic mass is 9.45. The van der Waals surface area contributed by atoms with Gasteiger partial charge in [-0.2, -0.15) is 0 Å². The van der Waals surface area contributed by atoms with E-state index in [1.165, 1.54) is 32.1 Å². The van der Waals surface area contributed by atoms with Crippen LogP contribution in [0.2, 0.25) is 0 Å². The third-order valence-corrected chi connectivity index (χ3v) is 8.31. The van der Waals surface area contributed by atoms with Gasteiger partial charge in [0.2, 0.25) is 0 Å². The van der Waals surface area contributed by atoms with Crippen LogP contribution in [0.4, 0.5) is 4.39 Å². The lowest BCUT2D eigenvalue weighted by molar-refractivity contribution is -0.155. The van der Waals surface area contributed by atoms with E-state index >= 15 is 0 Å². The van der Waals surface area contributed by atoms with Gasteiger partial charge < -0.3 is 5.11 Å². The standard InChI is InChI=1S/C19H30O2.CH3F/c1-18-9-4-3-5-15(18)16(20)11-12-13-6-7-17(21)19(13,2)10-8-14(12)18;1-2/h12-15,17,21H,3-11H2,1-2H3;1H3. The van der Waals surface area contributed by atoms with Crippen LogP contribution in [0.15, 0.2) is 0 Å². The van der Waals surface area contributed by atoms with Gasteiger partial charge in [0.1, 0.15) is 5.78 Å². The first-order valence-corrected chi connectivity index (χ1v) is 9.55. The Morgan fingerprint density at radius 2 is 1.65 bits per heavy atom. The van der Waals surface area contributed by atoms with Crippen molar-refractivity contribution < 1.29 is 14.3 Å². The normalized spacial score (nSPS) is 51.9. The van der Waals surface area contributed by atoms with Crippen LogP contribution in [0.3, 0.4) is 0 Å². The smallest absolute Gasteiger partial charge is 0.136 e. The van der Waals surface area contributed by atoms with E-state index in [-0.39, 0.29) is 16.9 Å². The average Bonchev–Trinajstić information content (AvgIpc) is 2.85. The molecule has 0 aromatic heterocycles.